The summed E-state index contributed by atoms with van der Waals surface area (Å²) in [4.78, 5) is 22.9. The number of carbonyl (C=O) groups is 2. The Morgan fingerprint density at radius 3 is 2.35 bits per heavy atom. The van der Waals surface area contributed by atoms with E-state index in [4.69, 9.17) is 9.47 Å². The minimum atomic E-state index is -0.509. The number of hydrogen-bond donors (Lipinski definition) is 1. The van der Waals surface area contributed by atoms with Crippen LogP contribution < -0.4 is 5.32 Å². The van der Waals surface area contributed by atoms with Crippen LogP contribution in [0.4, 0.5) is 4.79 Å². The van der Waals surface area contributed by atoms with Gasteiger partial charge in [-0.3, -0.25) is 4.79 Å². The van der Waals surface area contributed by atoms with Gasteiger partial charge >= 0.3 is 6.09 Å². The molecule has 1 aliphatic rings. The highest BCUT2D eigenvalue weighted by Gasteiger charge is 2.24. The molecule has 5 heteroatoms. The number of carbonyl (C=O) groups excluding carboxylic acids is 2. The van der Waals surface area contributed by atoms with E-state index in [2.05, 4.69) is 5.32 Å². The standard InChI is InChI=1S/C12H21NO4/c1-8(2)11(9(3)14)13-12(15)17-10-4-6-16-7-5-10/h8,10-11H,4-7H2,1-3H3,(H,13,15)/t11-/m0/s1. The molecule has 1 N–H and O–H groups in total. The molecule has 0 aromatic rings. The van der Waals surface area contributed by atoms with Gasteiger partial charge in [-0.1, -0.05) is 13.8 Å². The molecule has 1 atom stereocenters. The Morgan fingerprint density at radius 1 is 1.29 bits per heavy atom. The zero-order valence-electron chi connectivity index (χ0n) is 10.7. The van der Waals surface area contributed by atoms with E-state index < -0.39 is 12.1 Å². The molecule has 5 nitrogen and oxygen atoms in total. The van der Waals surface area contributed by atoms with Crippen LogP contribution in [0.3, 0.4) is 0 Å². The highest BCUT2D eigenvalue weighted by atomic mass is 16.6. The van der Waals surface area contributed by atoms with Crippen molar-refractivity contribution in [3.63, 3.8) is 0 Å². The highest BCUT2D eigenvalue weighted by molar-refractivity contribution is 5.85. The summed E-state index contributed by atoms with van der Waals surface area (Å²) in [5, 5.41) is 2.61. The summed E-state index contributed by atoms with van der Waals surface area (Å²) in [5.41, 5.74) is 0. The lowest BCUT2D eigenvalue weighted by atomic mass is 10.0. The highest BCUT2D eigenvalue weighted by Crippen LogP contribution is 2.11. The van der Waals surface area contributed by atoms with E-state index in [0.29, 0.717) is 13.2 Å². The maximum absolute atomic E-state index is 11.6. The summed E-state index contributed by atoms with van der Waals surface area (Å²) in [5.74, 6) is 0.0127. The smallest absolute Gasteiger partial charge is 0.408 e. The molecule has 98 valence electrons. The summed E-state index contributed by atoms with van der Waals surface area (Å²) in [6, 6.07) is -0.470. The monoisotopic (exact) mass is 243 g/mol. The molecule has 0 aromatic carbocycles. The zero-order chi connectivity index (χ0) is 12.8. The van der Waals surface area contributed by atoms with Crippen molar-refractivity contribution in [2.24, 2.45) is 5.92 Å². The van der Waals surface area contributed by atoms with Gasteiger partial charge in [0.25, 0.3) is 0 Å². The Bertz CT molecular complexity index is 272. The van der Waals surface area contributed by atoms with Crippen molar-refractivity contribution >= 4 is 11.9 Å². The third-order valence-corrected chi connectivity index (χ3v) is 2.82. The van der Waals surface area contributed by atoms with Gasteiger partial charge in [0.05, 0.1) is 19.3 Å². The topological polar surface area (TPSA) is 64.6 Å². The predicted molar refractivity (Wildman–Crippen MR) is 62.8 cm³/mol. The number of hydrogen-bond acceptors (Lipinski definition) is 4. The van der Waals surface area contributed by atoms with E-state index in [-0.39, 0.29) is 17.8 Å². The number of ketones is 1. The lowest BCUT2D eigenvalue weighted by molar-refractivity contribution is -0.119. The molecule has 17 heavy (non-hydrogen) atoms. The first-order valence-electron chi connectivity index (χ1n) is 6.06. The van der Waals surface area contributed by atoms with E-state index in [1.54, 1.807) is 0 Å². The van der Waals surface area contributed by atoms with Crippen molar-refractivity contribution in [2.45, 2.75) is 45.8 Å². The number of alkyl carbamates (subject to hydrolysis) is 1. The largest absolute Gasteiger partial charge is 0.446 e. The van der Waals surface area contributed by atoms with Crippen LogP contribution in [0.2, 0.25) is 0 Å². The molecular weight excluding hydrogens is 222 g/mol. The van der Waals surface area contributed by atoms with Crippen LogP contribution in [-0.4, -0.2) is 37.2 Å². The molecule has 0 saturated carbocycles. The minimum Gasteiger partial charge on any atom is -0.446 e. The molecule has 0 radical (unpaired) electrons. The SMILES string of the molecule is CC(=O)[C@@H](NC(=O)OC1CCOCC1)C(C)C. The summed E-state index contributed by atoms with van der Waals surface area (Å²) < 4.78 is 10.4. The molecule has 0 aliphatic carbocycles. The van der Waals surface area contributed by atoms with Gasteiger partial charge in [-0.2, -0.15) is 0 Å². The van der Waals surface area contributed by atoms with Crippen molar-refractivity contribution in [3.8, 4) is 0 Å². The third-order valence-electron chi connectivity index (χ3n) is 2.82. The first-order chi connectivity index (χ1) is 8.00. The Kier molecular flexibility index (Phi) is 5.41. The molecule has 0 aromatic heterocycles. The Hall–Kier alpha value is -1.10. The van der Waals surface area contributed by atoms with E-state index in [0.717, 1.165) is 12.8 Å². The summed E-state index contributed by atoms with van der Waals surface area (Å²) in [6.45, 7) is 6.50. The van der Waals surface area contributed by atoms with Crippen molar-refractivity contribution < 1.29 is 19.1 Å². The van der Waals surface area contributed by atoms with Crippen LogP contribution in [0, 0.1) is 5.92 Å². The Balaban J connectivity index is 2.38. The summed E-state index contributed by atoms with van der Waals surface area (Å²) >= 11 is 0. The van der Waals surface area contributed by atoms with E-state index >= 15 is 0 Å². The van der Waals surface area contributed by atoms with Gasteiger partial charge in [-0.15, -0.1) is 0 Å². The van der Waals surface area contributed by atoms with Crippen LogP contribution in [0.1, 0.15) is 33.6 Å². The van der Waals surface area contributed by atoms with Gasteiger partial charge in [0, 0.05) is 12.8 Å². The predicted octanol–water partition coefficient (Wildman–Crippen LogP) is 1.51. The third kappa shape index (κ3) is 4.73. The van der Waals surface area contributed by atoms with E-state index in [1.165, 1.54) is 6.92 Å². The van der Waals surface area contributed by atoms with Gasteiger partial charge in [0.15, 0.2) is 5.78 Å². The second-order valence-electron chi connectivity index (χ2n) is 4.69. The van der Waals surface area contributed by atoms with Gasteiger partial charge in [0.1, 0.15) is 6.10 Å². The fraction of sp³-hybridized carbons (Fsp3) is 0.833. The van der Waals surface area contributed by atoms with Crippen LogP contribution in [0.5, 0.6) is 0 Å². The lowest BCUT2D eigenvalue weighted by Crippen LogP contribution is -2.45. The van der Waals surface area contributed by atoms with Gasteiger partial charge in [-0.05, 0) is 12.8 Å². The first-order valence-corrected chi connectivity index (χ1v) is 6.06. The molecule has 1 fully saturated rings. The fourth-order valence-electron chi connectivity index (χ4n) is 1.84. The maximum atomic E-state index is 11.6. The lowest BCUT2D eigenvalue weighted by Gasteiger charge is -2.24. The molecule has 1 rings (SSSR count). The number of nitrogens with one attached hydrogen (secondary N) is 1. The van der Waals surface area contributed by atoms with E-state index in [9.17, 15) is 9.59 Å². The van der Waals surface area contributed by atoms with Crippen molar-refractivity contribution in [2.75, 3.05) is 13.2 Å². The normalized spacial score (nSPS) is 18.8. The quantitative estimate of drug-likeness (QED) is 0.812. The molecule has 1 aliphatic heterocycles. The summed E-state index contributed by atoms with van der Waals surface area (Å²) in [7, 11) is 0. The molecular formula is C12H21NO4. The van der Waals surface area contributed by atoms with Crippen LogP contribution in [0.15, 0.2) is 0 Å². The number of ether oxygens (including phenoxy) is 2. The average molecular weight is 243 g/mol. The van der Waals surface area contributed by atoms with Crippen LogP contribution >= 0.6 is 0 Å². The number of amides is 1. The molecule has 1 amide bonds. The van der Waals surface area contributed by atoms with Gasteiger partial charge in [-0.25, -0.2) is 4.79 Å². The average Bonchev–Trinajstić information content (AvgIpc) is 2.26. The molecule has 0 bridgehead atoms. The number of Topliss-reactive ketones (excluding diaryl/α,β-unsaturated/α-hetero) is 1. The maximum Gasteiger partial charge on any atom is 0.408 e. The van der Waals surface area contributed by atoms with Crippen molar-refractivity contribution in [1.29, 1.82) is 0 Å². The Morgan fingerprint density at radius 2 is 1.88 bits per heavy atom. The minimum absolute atomic E-state index is 0.0519. The molecule has 1 heterocycles. The second-order valence-corrected chi connectivity index (χ2v) is 4.69. The number of rotatable bonds is 4. The van der Waals surface area contributed by atoms with Crippen molar-refractivity contribution in [3.05, 3.63) is 0 Å². The van der Waals surface area contributed by atoms with Gasteiger partial charge < -0.3 is 14.8 Å². The summed E-state index contributed by atoms with van der Waals surface area (Å²) in [6.07, 6.45) is 0.842. The Labute approximate surface area is 102 Å². The molecule has 0 spiro atoms. The van der Waals surface area contributed by atoms with Crippen molar-refractivity contribution in [1.82, 2.24) is 5.32 Å². The van der Waals surface area contributed by atoms with Gasteiger partial charge in [0.2, 0.25) is 0 Å². The molecule has 1 saturated heterocycles. The van der Waals surface area contributed by atoms with Crippen LogP contribution in [0.25, 0.3) is 0 Å². The first kappa shape index (κ1) is 14.0. The van der Waals surface area contributed by atoms with E-state index in [1.807, 2.05) is 13.8 Å². The fourth-order valence-corrected chi connectivity index (χ4v) is 1.84. The van der Waals surface area contributed by atoms with Crippen LogP contribution in [-0.2, 0) is 14.3 Å². The molecule has 0 unspecified atom stereocenters. The zero-order valence-corrected chi connectivity index (χ0v) is 10.7. The second kappa shape index (κ2) is 6.59.